The second-order valence-electron chi connectivity index (χ2n) is 8.52. The average Bonchev–Trinajstić information content (AvgIpc) is 3.34. The lowest BCUT2D eigenvalue weighted by molar-refractivity contribution is 0.0781. The first-order chi connectivity index (χ1) is 17.4. The van der Waals surface area contributed by atoms with Crippen molar-refractivity contribution < 1.29 is 19.7 Å². The molecule has 0 atom stereocenters. The number of aryl methyl sites for hydroxylation is 1. The third kappa shape index (κ3) is 5.18. The number of hydrogen-bond acceptors (Lipinski definition) is 6. The van der Waals surface area contributed by atoms with Crippen molar-refractivity contribution in [3.8, 4) is 34.2 Å². The molecule has 4 rings (SSSR count). The van der Waals surface area contributed by atoms with Crippen molar-refractivity contribution in [1.82, 2.24) is 20.0 Å². The molecule has 0 saturated carbocycles. The Hall–Kier alpha value is -4.30. The lowest BCUT2D eigenvalue weighted by Gasteiger charge is -2.21. The lowest BCUT2D eigenvalue weighted by atomic mass is 10.0. The van der Waals surface area contributed by atoms with Gasteiger partial charge in [0.15, 0.2) is 0 Å². The molecule has 3 aromatic carbocycles. The van der Waals surface area contributed by atoms with E-state index in [1.165, 1.54) is 17.0 Å². The van der Waals surface area contributed by atoms with Crippen LogP contribution >= 0.6 is 0 Å². The van der Waals surface area contributed by atoms with E-state index in [9.17, 15) is 15.0 Å². The quantitative estimate of drug-likeness (QED) is 0.308. The molecule has 0 spiro atoms. The minimum absolute atomic E-state index is 0.0800. The van der Waals surface area contributed by atoms with Gasteiger partial charge in [-0.25, -0.2) is 4.68 Å². The summed E-state index contributed by atoms with van der Waals surface area (Å²) in [7, 11) is 3.52. The largest absolute Gasteiger partial charge is 0.507 e. The zero-order valence-electron chi connectivity index (χ0n) is 20.6. The standard InChI is InChI=1S/C28H30N4O4/c1-19-8-4-6-10-23(19)32-24(12-13-30-32)21-16-22(26(34)17-25(21)33)28(35)31(3)18-20-9-5-7-11-27(20)36-15-14-29-2/h4-13,16-17,29,33-34H,14-15,18H2,1-3H3. The van der Waals surface area contributed by atoms with E-state index in [4.69, 9.17) is 4.74 Å². The number of ether oxygens (including phenoxy) is 1. The van der Waals surface area contributed by atoms with E-state index in [0.29, 0.717) is 30.2 Å². The van der Waals surface area contributed by atoms with Crippen molar-refractivity contribution in [2.45, 2.75) is 13.5 Å². The van der Waals surface area contributed by atoms with Crippen LogP contribution in [0.2, 0.25) is 0 Å². The summed E-state index contributed by atoms with van der Waals surface area (Å²) < 4.78 is 7.55. The number of hydrogen-bond donors (Lipinski definition) is 3. The summed E-state index contributed by atoms with van der Waals surface area (Å²) in [5, 5.41) is 28.7. The molecule has 1 amide bonds. The number of aromatic hydroxyl groups is 2. The molecular weight excluding hydrogens is 456 g/mol. The number of likely N-dealkylation sites (N-methyl/N-ethyl adjacent to an activating group) is 1. The van der Waals surface area contributed by atoms with Gasteiger partial charge in [0, 0.05) is 37.3 Å². The van der Waals surface area contributed by atoms with Gasteiger partial charge < -0.3 is 25.2 Å². The molecule has 0 unspecified atom stereocenters. The minimum atomic E-state index is -0.388. The van der Waals surface area contributed by atoms with E-state index in [1.54, 1.807) is 24.0 Å². The molecule has 1 aromatic heterocycles. The topological polar surface area (TPSA) is 99.9 Å². The zero-order valence-corrected chi connectivity index (χ0v) is 20.6. The summed E-state index contributed by atoms with van der Waals surface area (Å²) in [6.07, 6.45) is 1.63. The molecule has 0 bridgehead atoms. The number of carbonyl (C=O) groups is 1. The van der Waals surface area contributed by atoms with Gasteiger partial charge in [-0.2, -0.15) is 5.10 Å². The van der Waals surface area contributed by atoms with Gasteiger partial charge in [-0.15, -0.1) is 0 Å². The molecule has 0 fully saturated rings. The molecule has 1 heterocycles. The fourth-order valence-electron chi connectivity index (χ4n) is 4.03. The Morgan fingerprint density at radius 2 is 1.81 bits per heavy atom. The molecule has 0 radical (unpaired) electrons. The van der Waals surface area contributed by atoms with E-state index in [2.05, 4.69) is 10.4 Å². The highest BCUT2D eigenvalue weighted by Gasteiger charge is 2.22. The van der Waals surface area contributed by atoms with E-state index in [-0.39, 0.29) is 29.5 Å². The van der Waals surface area contributed by atoms with E-state index < -0.39 is 0 Å². The maximum absolute atomic E-state index is 13.4. The van der Waals surface area contributed by atoms with Crippen molar-refractivity contribution in [2.24, 2.45) is 0 Å². The molecule has 3 N–H and O–H groups in total. The summed E-state index contributed by atoms with van der Waals surface area (Å²) in [5.41, 5.74) is 3.78. The van der Waals surface area contributed by atoms with Crippen LogP contribution in [-0.4, -0.2) is 58.0 Å². The van der Waals surface area contributed by atoms with Crippen molar-refractivity contribution in [3.05, 3.63) is 89.6 Å². The van der Waals surface area contributed by atoms with Crippen LogP contribution in [-0.2, 0) is 6.54 Å². The predicted molar refractivity (Wildman–Crippen MR) is 139 cm³/mol. The third-order valence-electron chi connectivity index (χ3n) is 5.94. The second kappa shape index (κ2) is 11.0. The highest BCUT2D eigenvalue weighted by atomic mass is 16.5. The van der Waals surface area contributed by atoms with Crippen molar-refractivity contribution in [3.63, 3.8) is 0 Å². The number of amides is 1. The van der Waals surface area contributed by atoms with Gasteiger partial charge in [-0.1, -0.05) is 36.4 Å². The zero-order chi connectivity index (χ0) is 25.7. The number of rotatable bonds is 9. The van der Waals surface area contributed by atoms with Crippen molar-refractivity contribution in [1.29, 1.82) is 0 Å². The average molecular weight is 487 g/mol. The number of nitrogens with one attached hydrogen (secondary N) is 1. The number of phenolic OH excluding ortho intramolecular Hbond substituents is 2. The van der Waals surface area contributed by atoms with E-state index in [1.807, 2.05) is 62.5 Å². The Balaban J connectivity index is 1.64. The van der Waals surface area contributed by atoms with Crippen LogP contribution in [0.1, 0.15) is 21.5 Å². The number of para-hydroxylation sites is 2. The summed E-state index contributed by atoms with van der Waals surface area (Å²) >= 11 is 0. The molecule has 4 aromatic rings. The molecule has 8 heteroatoms. The lowest BCUT2D eigenvalue weighted by Crippen LogP contribution is -2.27. The summed E-state index contributed by atoms with van der Waals surface area (Å²) in [5.74, 6) is -0.134. The Morgan fingerprint density at radius 1 is 1.06 bits per heavy atom. The van der Waals surface area contributed by atoms with Crippen LogP contribution in [0.3, 0.4) is 0 Å². The normalized spacial score (nSPS) is 10.9. The van der Waals surface area contributed by atoms with Gasteiger partial charge in [-0.05, 0) is 43.8 Å². The molecule has 8 nitrogen and oxygen atoms in total. The number of aromatic nitrogens is 2. The van der Waals surface area contributed by atoms with Crippen LogP contribution in [0.15, 0.2) is 72.9 Å². The Labute approximate surface area is 210 Å². The fraction of sp³-hybridized carbons (Fsp3) is 0.214. The van der Waals surface area contributed by atoms with Gasteiger partial charge >= 0.3 is 0 Å². The SMILES string of the molecule is CNCCOc1ccccc1CN(C)C(=O)c1cc(-c2ccnn2-c2ccccc2C)c(O)cc1O. The summed E-state index contributed by atoms with van der Waals surface area (Å²) in [6, 6.07) is 19.8. The monoisotopic (exact) mass is 486 g/mol. The smallest absolute Gasteiger partial charge is 0.257 e. The molecule has 186 valence electrons. The molecule has 0 saturated heterocycles. The molecular formula is C28H30N4O4. The maximum atomic E-state index is 13.4. The predicted octanol–water partition coefficient (Wildman–Crippen LogP) is 4.13. The van der Waals surface area contributed by atoms with E-state index in [0.717, 1.165) is 16.8 Å². The Morgan fingerprint density at radius 3 is 2.58 bits per heavy atom. The first-order valence-electron chi connectivity index (χ1n) is 11.7. The molecule has 36 heavy (non-hydrogen) atoms. The highest BCUT2D eigenvalue weighted by molar-refractivity contribution is 5.98. The first kappa shape index (κ1) is 24.8. The number of carbonyl (C=O) groups excluding carboxylic acids is 1. The summed E-state index contributed by atoms with van der Waals surface area (Å²) in [4.78, 5) is 14.9. The minimum Gasteiger partial charge on any atom is -0.507 e. The number of phenols is 2. The second-order valence-corrected chi connectivity index (χ2v) is 8.52. The van der Waals surface area contributed by atoms with Crippen molar-refractivity contribution >= 4 is 5.91 Å². The van der Waals surface area contributed by atoms with Gasteiger partial charge in [0.05, 0.1) is 23.1 Å². The molecule has 0 aliphatic heterocycles. The van der Waals surface area contributed by atoms with Crippen LogP contribution in [0, 0.1) is 6.92 Å². The highest BCUT2D eigenvalue weighted by Crippen LogP contribution is 2.36. The Kier molecular flexibility index (Phi) is 7.56. The number of nitrogens with zero attached hydrogens (tertiary/aromatic N) is 3. The van der Waals surface area contributed by atoms with Crippen LogP contribution in [0.4, 0.5) is 0 Å². The molecule has 0 aliphatic carbocycles. The Bertz CT molecular complexity index is 1370. The van der Waals surface area contributed by atoms with Crippen LogP contribution < -0.4 is 10.1 Å². The fourth-order valence-corrected chi connectivity index (χ4v) is 4.03. The van der Waals surface area contributed by atoms with Crippen LogP contribution in [0.5, 0.6) is 17.2 Å². The van der Waals surface area contributed by atoms with Crippen molar-refractivity contribution in [2.75, 3.05) is 27.2 Å². The number of benzene rings is 3. The van der Waals surface area contributed by atoms with Gasteiger partial charge in [-0.3, -0.25) is 4.79 Å². The van der Waals surface area contributed by atoms with E-state index >= 15 is 0 Å². The third-order valence-corrected chi connectivity index (χ3v) is 5.94. The van der Waals surface area contributed by atoms with Gasteiger partial charge in [0.25, 0.3) is 5.91 Å². The van der Waals surface area contributed by atoms with Crippen LogP contribution in [0.25, 0.3) is 16.9 Å². The first-order valence-corrected chi connectivity index (χ1v) is 11.7. The van der Waals surface area contributed by atoms with Gasteiger partial charge in [0.1, 0.15) is 23.9 Å². The molecule has 0 aliphatic rings. The maximum Gasteiger partial charge on any atom is 0.257 e. The summed E-state index contributed by atoms with van der Waals surface area (Å²) in [6.45, 7) is 3.46. The van der Waals surface area contributed by atoms with Gasteiger partial charge in [0.2, 0.25) is 0 Å².